The molecule has 7 heteroatoms. The maximum Gasteiger partial charge on any atom is 0.229 e. The Morgan fingerprint density at radius 1 is 1.20 bits per heavy atom. The topological polar surface area (TPSA) is 76.3 Å². The lowest BCUT2D eigenvalue weighted by molar-refractivity contribution is -0.132. The first-order valence-corrected chi connectivity index (χ1v) is 8.77. The largest absolute Gasteiger partial charge is 0.343 e. The van der Waals surface area contributed by atoms with Crippen molar-refractivity contribution in [3.05, 3.63) is 46.6 Å². The van der Waals surface area contributed by atoms with Crippen molar-refractivity contribution in [1.82, 2.24) is 15.0 Å². The van der Waals surface area contributed by atoms with E-state index in [0.717, 1.165) is 12.8 Å². The van der Waals surface area contributed by atoms with Gasteiger partial charge in [0.2, 0.25) is 11.8 Å². The SMILES string of the molecule is Cc1noc(C2CCN(C(=O)CCC(=O)c3ccc(Cl)cc3)CC2)n1. The standard InChI is InChI=1S/C18H20ClN3O3/c1-12-20-18(25-21-12)14-8-10-22(11-9-14)17(24)7-6-16(23)13-2-4-15(19)5-3-13/h2-5,14H,6-11H2,1H3. The van der Waals surface area contributed by atoms with Crippen molar-refractivity contribution in [3.63, 3.8) is 0 Å². The Morgan fingerprint density at radius 2 is 1.88 bits per heavy atom. The maximum absolute atomic E-state index is 12.3. The first-order chi connectivity index (χ1) is 12.0. The van der Waals surface area contributed by atoms with Crippen molar-refractivity contribution < 1.29 is 14.1 Å². The van der Waals surface area contributed by atoms with Gasteiger partial charge >= 0.3 is 0 Å². The smallest absolute Gasteiger partial charge is 0.229 e. The van der Waals surface area contributed by atoms with Gasteiger partial charge in [0.05, 0.1) is 0 Å². The normalized spacial score (nSPS) is 15.4. The lowest BCUT2D eigenvalue weighted by atomic mass is 9.96. The molecule has 1 aromatic carbocycles. The van der Waals surface area contributed by atoms with E-state index in [1.165, 1.54) is 0 Å². The predicted molar refractivity (Wildman–Crippen MR) is 92.6 cm³/mol. The summed E-state index contributed by atoms with van der Waals surface area (Å²) >= 11 is 5.82. The van der Waals surface area contributed by atoms with Crippen LogP contribution in [0.2, 0.25) is 5.02 Å². The number of carbonyl (C=O) groups excluding carboxylic acids is 2. The lowest BCUT2D eigenvalue weighted by Gasteiger charge is -2.30. The van der Waals surface area contributed by atoms with Gasteiger partial charge in [0, 0.05) is 42.4 Å². The van der Waals surface area contributed by atoms with Crippen molar-refractivity contribution >= 4 is 23.3 Å². The highest BCUT2D eigenvalue weighted by atomic mass is 35.5. The van der Waals surface area contributed by atoms with E-state index >= 15 is 0 Å². The zero-order valence-electron chi connectivity index (χ0n) is 14.1. The molecule has 0 unspecified atom stereocenters. The third kappa shape index (κ3) is 4.45. The highest BCUT2D eigenvalue weighted by molar-refractivity contribution is 6.30. The van der Waals surface area contributed by atoms with Gasteiger partial charge in [-0.3, -0.25) is 9.59 Å². The molecular weight excluding hydrogens is 342 g/mol. The Kier molecular flexibility index (Phi) is 5.48. The zero-order valence-corrected chi connectivity index (χ0v) is 14.8. The molecule has 1 fully saturated rings. The minimum atomic E-state index is -0.0405. The number of aromatic nitrogens is 2. The molecule has 0 spiro atoms. The quantitative estimate of drug-likeness (QED) is 0.763. The van der Waals surface area contributed by atoms with Crippen molar-refractivity contribution in [2.45, 2.75) is 38.5 Å². The number of aryl methyl sites for hydroxylation is 1. The molecule has 1 saturated heterocycles. The number of nitrogens with zero attached hydrogens (tertiary/aromatic N) is 3. The van der Waals surface area contributed by atoms with Crippen LogP contribution in [0.25, 0.3) is 0 Å². The molecule has 1 aromatic heterocycles. The number of amides is 1. The minimum absolute atomic E-state index is 0.0162. The van der Waals surface area contributed by atoms with E-state index in [9.17, 15) is 9.59 Å². The molecular formula is C18H20ClN3O3. The number of ketones is 1. The third-order valence-electron chi connectivity index (χ3n) is 4.47. The molecule has 0 saturated carbocycles. The van der Waals surface area contributed by atoms with Crippen LogP contribution in [0.5, 0.6) is 0 Å². The summed E-state index contributed by atoms with van der Waals surface area (Å²) in [5.41, 5.74) is 0.586. The summed E-state index contributed by atoms with van der Waals surface area (Å²) in [5.74, 6) is 1.47. The van der Waals surface area contributed by atoms with Gasteiger partial charge in [-0.25, -0.2) is 0 Å². The van der Waals surface area contributed by atoms with Crippen LogP contribution in [0.1, 0.15) is 53.7 Å². The van der Waals surface area contributed by atoms with Crippen molar-refractivity contribution in [2.75, 3.05) is 13.1 Å². The zero-order chi connectivity index (χ0) is 17.8. The number of halogens is 1. The lowest BCUT2D eigenvalue weighted by Crippen LogP contribution is -2.38. The molecule has 1 aliphatic heterocycles. The molecule has 0 bridgehead atoms. The highest BCUT2D eigenvalue weighted by Crippen LogP contribution is 2.27. The Morgan fingerprint density at radius 3 is 2.48 bits per heavy atom. The Hall–Kier alpha value is -2.21. The number of carbonyl (C=O) groups is 2. The van der Waals surface area contributed by atoms with E-state index in [1.54, 1.807) is 31.2 Å². The van der Waals surface area contributed by atoms with Gasteiger partial charge in [-0.2, -0.15) is 4.98 Å². The van der Waals surface area contributed by atoms with E-state index in [1.807, 2.05) is 4.90 Å². The van der Waals surface area contributed by atoms with E-state index in [4.69, 9.17) is 16.1 Å². The second kappa shape index (κ2) is 7.78. The summed E-state index contributed by atoms with van der Waals surface area (Å²) in [5, 5.41) is 4.41. The van der Waals surface area contributed by atoms with Gasteiger partial charge in [-0.15, -0.1) is 0 Å². The maximum atomic E-state index is 12.3. The van der Waals surface area contributed by atoms with Crippen LogP contribution in [0, 0.1) is 6.92 Å². The van der Waals surface area contributed by atoms with E-state index in [2.05, 4.69) is 10.1 Å². The molecule has 6 nitrogen and oxygen atoms in total. The van der Waals surface area contributed by atoms with Gasteiger partial charge in [0.25, 0.3) is 0 Å². The molecule has 0 aliphatic carbocycles. The first-order valence-electron chi connectivity index (χ1n) is 8.39. The summed E-state index contributed by atoms with van der Waals surface area (Å²) in [7, 11) is 0. The number of hydrogen-bond donors (Lipinski definition) is 0. The van der Waals surface area contributed by atoms with E-state index in [-0.39, 0.29) is 30.4 Å². The van der Waals surface area contributed by atoms with Crippen molar-refractivity contribution in [2.24, 2.45) is 0 Å². The Labute approximate surface area is 151 Å². The monoisotopic (exact) mass is 361 g/mol. The van der Waals surface area contributed by atoms with Gasteiger partial charge in [0.1, 0.15) is 0 Å². The number of likely N-dealkylation sites (tertiary alicyclic amines) is 1. The third-order valence-corrected chi connectivity index (χ3v) is 4.72. The van der Waals surface area contributed by atoms with Crippen LogP contribution >= 0.6 is 11.6 Å². The second-order valence-electron chi connectivity index (χ2n) is 6.26. The predicted octanol–water partition coefficient (Wildman–Crippen LogP) is 3.40. The number of benzene rings is 1. The van der Waals surface area contributed by atoms with Crippen LogP contribution in [0.15, 0.2) is 28.8 Å². The number of hydrogen-bond acceptors (Lipinski definition) is 5. The molecule has 0 N–H and O–H groups in total. The summed E-state index contributed by atoms with van der Waals surface area (Å²) in [4.78, 5) is 30.6. The van der Waals surface area contributed by atoms with E-state index < -0.39 is 0 Å². The molecule has 2 heterocycles. The van der Waals surface area contributed by atoms with Crippen LogP contribution in [-0.2, 0) is 4.79 Å². The van der Waals surface area contributed by atoms with Crippen molar-refractivity contribution in [3.8, 4) is 0 Å². The van der Waals surface area contributed by atoms with Crippen LogP contribution in [0.3, 0.4) is 0 Å². The average Bonchev–Trinajstić information content (AvgIpc) is 3.06. The summed E-state index contributed by atoms with van der Waals surface area (Å²) in [6.45, 7) is 3.10. The number of Topliss-reactive ketones (excluding diaryl/α,β-unsaturated/α-hetero) is 1. The first kappa shape index (κ1) is 17.6. The highest BCUT2D eigenvalue weighted by Gasteiger charge is 2.27. The van der Waals surface area contributed by atoms with Crippen LogP contribution in [-0.4, -0.2) is 39.8 Å². The average molecular weight is 362 g/mol. The molecule has 25 heavy (non-hydrogen) atoms. The molecule has 3 rings (SSSR count). The summed E-state index contributed by atoms with van der Waals surface area (Å²) in [6, 6.07) is 6.74. The molecule has 2 aromatic rings. The van der Waals surface area contributed by atoms with Gasteiger partial charge in [-0.1, -0.05) is 16.8 Å². The minimum Gasteiger partial charge on any atom is -0.343 e. The summed E-state index contributed by atoms with van der Waals surface area (Å²) < 4.78 is 5.22. The van der Waals surface area contributed by atoms with Gasteiger partial charge < -0.3 is 9.42 Å². The van der Waals surface area contributed by atoms with Gasteiger partial charge in [-0.05, 0) is 44.0 Å². The van der Waals surface area contributed by atoms with E-state index in [0.29, 0.717) is 35.4 Å². The van der Waals surface area contributed by atoms with Crippen molar-refractivity contribution in [1.29, 1.82) is 0 Å². The molecule has 0 radical (unpaired) electrons. The summed E-state index contributed by atoms with van der Waals surface area (Å²) in [6.07, 6.45) is 2.05. The molecule has 132 valence electrons. The molecule has 0 atom stereocenters. The Bertz CT molecular complexity index is 749. The fourth-order valence-corrected chi connectivity index (χ4v) is 3.14. The van der Waals surface area contributed by atoms with Crippen LogP contribution < -0.4 is 0 Å². The molecule has 1 aliphatic rings. The number of piperidine rings is 1. The fraction of sp³-hybridized carbons (Fsp3) is 0.444. The second-order valence-corrected chi connectivity index (χ2v) is 6.70. The van der Waals surface area contributed by atoms with Crippen LogP contribution in [0.4, 0.5) is 0 Å². The van der Waals surface area contributed by atoms with Gasteiger partial charge in [0.15, 0.2) is 11.6 Å². The fourth-order valence-electron chi connectivity index (χ4n) is 3.01. The number of rotatable bonds is 5. The molecule has 1 amide bonds. The Balaban J connectivity index is 1.46.